The van der Waals surface area contributed by atoms with Gasteiger partial charge in [-0.25, -0.2) is 0 Å². The van der Waals surface area contributed by atoms with E-state index in [2.05, 4.69) is 121 Å². The van der Waals surface area contributed by atoms with Crippen molar-refractivity contribution in [3.05, 3.63) is 163 Å². The Morgan fingerprint density at radius 3 is 1.72 bits per heavy atom. The Balaban J connectivity index is 1.19. The molecule has 3 heteroatoms. The van der Waals surface area contributed by atoms with Gasteiger partial charge in [0.2, 0.25) is 0 Å². The molecular weight excluding hydrogens is 560 g/mol. The number of benzene rings is 7. The number of nitrogens with one attached hydrogen (secondary N) is 1. The monoisotopic (exact) mass is 588 g/mol. The third-order valence-corrected chi connectivity index (χ3v) is 8.94. The van der Waals surface area contributed by atoms with Gasteiger partial charge in [-0.2, -0.15) is 0 Å². The van der Waals surface area contributed by atoms with Crippen LogP contribution in [0.4, 0.5) is 17.1 Å². The fourth-order valence-electron chi connectivity index (χ4n) is 6.90. The molecule has 46 heavy (non-hydrogen) atoms. The first-order chi connectivity index (χ1) is 22.8. The second kappa shape index (κ2) is 10.8. The molecular formula is C43H28N2O. The van der Waals surface area contributed by atoms with Crippen molar-refractivity contribution in [3.63, 3.8) is 0 Å². The molecule has 9 rings (SSSR count). The van der Waals surface area contributed by atoms with Crippen molar-refractivity contribution in [1.82, 2.24) is 0 Å². The minimum Gasteiger partial charge on any atom is -0.456 e. The van der Waals surface area contributed by atoms with Crippen molar-refractivity contribution in [3.8, 4) is 44.5 Å². The zero-order valence-electron chi connectivity index (χ0n) is 24.9. The SMILES string of the molecule is C(=N\c1ccccc1Nc1cccc2oc3ccccc3c12)/c1cccc2c1-c1ccccc1-c1ccccc1-c1ccccc1-2. The number of hydrogen-bond acceptors (Lipinski definition) is 3. The van der Waals surface area contributed by atoms with Gasteiger partial charge in [0.15, 0.2) is 0 Å². The molecule has 0 bridgehead atoms. The van der Waals surface area contributed by atoms with Gasteiger partial charge in [0, 0.05) is 17.2 Å². The Bertz CT molecular complexity index is 2460. The molecule has 0 saturated heterocycles. The molecule has 0 spiro atoms. The third kappa shape index (κ3) is 4.25. The van der Waals surface area contributed by atoms with E-state index in [0.29, 0.717) is 0 Å². The largest absolute Gasteiger partial charge is 0.456 e. The van der Waals surface area contributed by atoms with Gasteiger partial charge >= 0.3 is 0 Å². The van der Waals surface area contributed by atoms with Gasteiger partial charge in [-0.3, -0.25) is 4.99 Å². The molecule has 1 aliphatic carbocycles. The molecule has 0 unspecified atom stereocenters. The van der Waals surface area contributed by atoms with Gasteiger partial charge in [0.25, 0.3) is 0 Å². The number of furan rings is 1. The van der Waals surface area contributed by atoms with Crippen LogP contribution in [0.15, 0.2) is 167 Å². The summed E-state index contributed by atoms with van der Waals surface area (Å²) in [6, 6.07) is 55.2. The van der Waals surface area contributed by atoms with Crippen molar-refractivity contribution < 1.29 is 4.42 Å². The van der Waals surface area contributed by atoms with E-state index < -0.39 is 0 Å². The predicted molar refractivity (Wildman–Crippen MR) is 192 cm³/mol. The van der Waals surface area contributed by atoms with Crippen LogP contribution in [0, 0.1) is 0 Å². The molecule has 1 heterocycles. The number of para-hydroxylation sites is 3. The van der Waals surface area contributed by atoms with Crippen molar-refractivity contribution in [2.45, 2.75) is 0 Å². The Morgan fingerprint density at radius 2 is 0.957 bits per heavy atom. The number of aliphatic imine (C=N–C) groups is 1. The normalized spacial score (nSPS) is 11.8. The van der Waals surface area contributed by atoms with Crippen LogP contribution in [0.5, 0.6) is 0 Å². The lowest BCUT2D eigenvalue weighted by molar-refractivity contribution is 0.669. The van der Waals surface area contributed by atoms with Gasteiger partial charge in [0.05, 0.1) is 22.4 Å². The standard InChI is InChI=1S/C43H28N2O/c1-2-15-30-29(14-1)31-16-3-4-17-33(31)35-21-11-13-28(42(35)34-19-6-5-18-32(30)34)27-44-37-22-8-9-23-38(37)45-39-24-12-26-41-43(39)36-20-7-10-25-40(36)46-41/h1-27,45H/b31-29?,32-30?,35-33?,42-34?,44-27+. The first kappa shape index (κ1) is 26.2. The Kier molecular flexibility index (Phi) is 6.14. The van der Waals surface area contributed by atoms with Crippen LogP contribution >= 0.6 is 0 Å². The number of hydrogen-bond donors (Lipinski definition) is 1. The average Bonchev–Trinajstić information content (AvgIpc) is 3.50. The van der Waals surface area contributed by atoms with Gasteiger partial charge in [0.1, 0.15) is 11.2 Å². The predicted octanol–water partition coefficient (Wildman–Crippen LogP) is 12.1. The number of fused-ring (bicyclic) bond motifs is 11. The highest BCUT2D eigenvalue weighted by molar-refractivity contribution is 6.12. The third-order valence-electron chi connectivity index (χ3n) is 8.94. The molecule has 1 N–H and O–H groups in total. The Labute approximate surface area is 267 Å². The Morgan fingerprint density at radius 1 is 0.435 bits per heavy atom. The van der Waals surface area contributed by atoms with E-state index in [-0.39, 0.29) is 0 Å². The first-order valence-electron chi connectivity index (χ1n) is 15.6. The van der Waals surface area contributed by atoms with E-state index in [1.54, 1.807) is 0 Å². The van der Waals surface area contributed by atoms with Crippen LogP contribution in [0.1, 0.15) is 5.56 Å². The molecule has 7 aromatic carbocycles. The van der Waals surface area contributed by atoms with Gasteiger partial charge in [-0.15, -0.1) is 0 Å². The lowest BCUT2D eigenvalue weighted by Gasteiger charge is -2.24. The highest BCUT2D eigenvalue weighted by Crippen LogP contribution is 2.48. The fraction of sp³-hybridized carbons (Fsp3) is 0. The van der Waals surface area contributed by atoms with Crippen LogP contribution < -0.4 is 5.32 Å². The zero-order chi connectivity index (χ0) is 30.5. The van der Waals surface area contributed by atoms with Crippen molar-refractivity contribution >= 4 is 45.2 Å². The molecule has 0 atom stereocenters. The molecule has 1 aliphatic rings. The molecule has 0 amide bonds. The summed E-state index contributed by atoms with van der Waals surface area (Å²) in [4.78, 5) is 5.13. The highest BCUT2D eigenvalue weighted by Gasteiger charge is 2.23. The molecule has 0 saturated carbocycles. The molecule has 0 radical (unpaired) electrons. The first-order valence-corrected chi connectivity index (χ1v) is 15.6. The maximum atomic E-state index is 6.14. The van der Waals surface area contributed by atoms with Crippen LogP contribution in [0.25, 0.3) is 66.4 Å². The second-order valence-electron chi connectivity index (χ2n) is 11.6. The van der Waals surface area contributed by atoms with E-state index >= 15 is 0 Å². The van der Waals surface area contributed by atoms with Crippen LogP contribution in [-0.2, 0) is 0 Å². The summed E-state index contributed by atoms with van der Waals surface area (Å²) in [6.07, 6.45) is 2.01. The number of anilines is 2. The van der Waals surface area contributed by atoms with E-state index in [9.17, 15) is 0 Å². The van der Waals surface area contributed by atoms with Gasteiger partial charge in [-0.1, -0.05) is 127 Å². The maximum absolute atomic E-state index is 6.14. The number of nitrogens with zero attached hydrogens (tertiary/aromatic N) is 1. The summed E-state index contributed by atoms with van der Waals surface area (Å²) < 4.78 is 6.14. The molecule has 8 aromatic rings. The van der Waals surface area contributed by atoms with Gasteiger partial charge < -0.3 is 9.73 Å². The van der Waals surface area contributed by atoms with Gasteiger partial charge in [-0.05, 0) is 74.8 Å². The molecule has 0 aliphatic heterocycles. The van der Waals surface area contributed by atoms with Crippen LogP contribution in [0.3, 0.4) is 0 Å². The van der Waals surface area contributed by atoms with E-state index in [1.807, 2.05) is 48.7 Å². The Hall–Kier alpha value is -6.19. The topological polar surface area (TPSA) is 37.5 Å². The minimum atomic E-state index is 0.856. The smallest absolute Gasteiger partial charge is 0.137 e. The highest BCUT2D eigenvalue weighted by atomic mass is 16.3. The molecule has 1 aromatic heterocycles. The quantitative estimate of drug-likeness (QED) is 0.208. The summed E-state index contributed by atoms with van der Waals surface area (Å²) in [6.45, 7) is 0. The van der Waals surface area contributed by atoms with E-state index in [1.165, 1.54) is 44.5 Å². The summed E-state index contributed by atoms with van der Waals surface area (Å²) >= 11 is 0. The number of rotatable bonds is 4. The minimum absolute atomic E-state index is 0.856. The summed E-state index contributed by atoms with van der Waals surface area (Å²) in [5, 5.41) is 5.83. The summed E-state index contributed by atoms with van der Waals surface area (Å²) in [5.41, 5.74) is 15.3. The maximum Gasteiger partial charge on any atom is 0.137 e. The lowest BCUT2D eigenvalue weighted by Crippen LogP contribution is -2.00. The molecule has 3 nitrogen and oxygen atoms in total. The van der Waals surface area contributed by atoms with Crippen LogP contribution in [0.2, 0.25) is 0 Å². The summed E-state index contributed by atoms with van der Waals surface area (Å²) in [5.74, 6) is 0. The van der Waals surface area contributed by atoms with Crippen LogP contribution in [-0.4, -0.2) is 6.21 Å². The summed E-state index contributed by atoms with van der Waals surface area (Å²) in [7, 11) is 0. The molecule has 0 fully saturated rings. The zero-order valence-corrected chi connectivity index (χ0v) is 24.9. The lowest BCUT2D eigenvalue weighted by atomic mass is 9.79. The second-order valence-corrected chi connectivity index (χ2v) is 11.6. The van der Waals surface area contributed by atoms with Crippen molar-refractivity contribution in [1.29, 1.82) is 0 Å². The fourth-order valence-corrected chi connectivity index (χ4v) is 6.90. The van der Waals surface area contributed by atoms with E-state index in [0.717, 1.165) is 44.6 Å². The average molecular weight is 589 g/mol. The van der Waals surface area contributed by atoms with E-state index in [4.69, 9.17) is 9.41 Å². The van der Waals surface area contributed by atoms with Crippen molar-refractivity contribution in [2.75, 3.05) is 5.32 Å². The molecule has 216 valence electrons. The van der Waals surface area contributed by atoms with Crippen molar-refractivity contribution in [2.24, 2.45) is 4.99 Å².